The minimum Gasteiger partial charge on any atom is -0.508 e. The van der Waals surface area contributed by atoms with Crippen LogP contribution in [0.5, 0.6) is 11.5 Å². The van der Waals surface area contributed by atoms with Gasteiger partial charge in [-0.2, -0.15) is 0 Å². The van der Waals surface area contributed by atoms with Gasteiger partial charge in [0.25, 0.3) is 0 Å². The topological polar surface area (TPSA) is 40.5 Å². The van der Waals surface area contributed by atoms with Crippen LogP contribution in [0.25, 0.3) is 0 Å². The molecular weight excluding hydrogens is 308 g/mol. The third kappa shape index (κ3) is 4.00. The van der Waals surface area contributed by atoms with E-state index in [4.69, 9.17) is 0 Å². The van der Waals surface area contributed by atoms with Crippen molar-refractivity contribution in [2.75, 3.05) is 0 Å². The third-order valence-electron chi connectivity index (χ3n) is 5.18. The molecule has 0 bridgehead atoms. The van der Waals surface area contributed by atoms with Crippen molar-refractivity contribution in [3.05, 3.63) is 57.6 Å². The molecule has 2 nitrogen and oxygen atoms in total. The third-order valence-corrected chi connectivity index (χ3v) is 5.18. The van der Waals surface area contributed by atoms with Gasteiger partial charge in [-0.3, -0.25) is 0 Å². The van der Waals surface area contributed by atoms with E-state index in [0.29, 0.717) is 11.5 Å². The zero-order chi connectivity index (χ0) is 19.2. The molecule has 136 valence electrons. The maximum Gasteiger partial charge on any atom is 0.122 e. The quantitative estimate of drug-likeness (QED) is 0.737. The summed E-state index contributed by atoms with van der Waals surface area (Å²) in [6.07, 6.45) is 0.806. The molecule has 0 atom stereocenters. The number of aromatic hydroxyl groups is 2. The summed E-state index contributed by atoms with van der Waals surface area (Å²) in [7, 11) is 0. The van der Waals surface area contributed by atoms with Crippen molar-refractivity contribution in [3.63, 3.8) is 0 Å². The van der Waals surface area contributed by atoms with Crippen LogP contribution in [-0.2, 0) is 17.3 Å². The predicted molar refractivity (Wildman–Crippen MR) is 106 cm³/mol. The minimum atomic E-state index is -0.218. The van der Waals surface area contributed by atoms with Gasteiger partial charge in [0.1, 0.15) is 11.5 Å². The highest BCUT2D eigenvalue weighted by Gasteiger charge is 2.28. The maximum absolute atomic E-state index is 10.7. The lowest BCUT2D eigenvalue weighted by molar-refractivity contribution is 0.427. The monoisotopic (exact) mass is 340 g/mol. The Hall–Kier alpha value is -1.96. The number of phenolic OH excluding ortho intramolecular Hbond substituents is 2. The molecule has 25 heavy (non-hydrogen) atoms. The highest BCUT2D eigenvalue weighted by Crippen LogP contribution is 2.40. The fourth-order valence-corrected chi connectivity index (χ4v) is 3.35. The molecule has 2 rings (SSSR count). The lowest BCUT2D eigenvalue weighted by atomic mass is 9.74. The Labute approximate surface area is 152 Å². The van der Waals surface area contributed by atoms with Crippen LogP contribution >= 0.6 is 0 Å². The van der Waals surface area contributed by atoms with Crippen LogP contribution in [0.1, 0.15) is 68.0 Å². The molecule has 0 fully saturated rings. The van der Waals surface area contributed by atoms with Crippen LogP contribution in [0.4, 0.5) is 0 Å². The van der Waals surface area contributed by atoms with Crippen molar-refractivity contribution < 1.29 is 10.2 Å². The van der Waals surface area contributed by atoms with Gasteiger partial charge in [0, 0.05) is 5.56 Å². The van der Waals surface area contributed by atoms with Crippen LogP contribution < -0.4 is 0 Å². The number of rotatable bonds is 3. The minimum absolute atomic E-state index is 0.0360. The molecule has 0 aromatic heterocycles. The van der Waals surface area contributed by atoms with E-state index in [2.05, 4.69) is 52.8 Å². The summed E-state index contributed by atoms with van der Waals surface area (Å²) in [4.78, 5) is 0. The highest BCUT2D eigenvalue weighted by molar-refractivity contribution is 5.50. The standard InChI is InChI=1S/C23H32O2/c1-14-11-20(24)15(2)9-17(14)13-23(7,8)19-12-18(22(4,5)6)10-16(3)21(19)25/h9-12,24-25H,13H2,1-8H3. The normalized spacial score (nSPS) is 12.5. The summed E-state index contributed by atoms with van der Waals surface area (Å²) in [6, 6.07) is 8.14. The average molecular weight is 341 g/mol. The summed E-state index contributed by atoms with van der Waals surface area (Å²) in [5.41, 5.74) is 6.15. The van der Waals surface area contributed by atoms with E-state index >= 15 is 0 Å². The van der Waals surface area contributed by atoms with Crippen LogP contribution in [0.3, 0.4) is 0 Å². The molecule has 2 heteroatoms. The summed E-state index contributed by atoms with van der Waals surface area (Å²) < 4.78 is 0. The van der Waals surface area contributed by atoms with Gasteiger partial charge in [-0.25, -0.2) is 0 Å². The Morgan fingerprint density at radius 1 is 0.760 bits per heavy atom. The van der Waals surface area contributed by atoms with Gasteiger partial charge >= 0.3 is 0 Å². The van der Waals surface area contributed by atoms with Crippen molar-refractivity contribution >= 4 is 0 Å². The van der Waals surface area contributed by atoms with Crippen LogP contribution in [0, 0.1) is 20.8 Å². The van der Waals surface area contributed by atoms with E-state index in [1.165, 1.54) is 11.1 Å². The number of hydrogen-bond acceptors (Lipinski definition) is 2. The van der Waals surface area contributed by atoms with Gasteiger partial charge in [-0.1, -0.05) is 52.8 Å². The van der Waals surface area contributed by atoms with E-state index in [9.17, 15) is 10.2 Å². The van der Waals surface area contributed by atoms with Gasteiger partial charge < -0.3 is 10.2 Å². The highest BCUT2D eigenvalue weighted by atomic mass is 16.3. The SMILES string of the molecule is Cc1cc(CC(C)(C)c2cc(C(C)(C)C)cc(C)c2O)c(C)cc1O. The lowest BCUT2D eigenvalue weighted by Crippen LogP contribution is -2.23. The fraction of sp³-hybridized carbons (Fsp3) is 0.478. The summed E-state index contributed by atoms with van der Waals surface area (Å²) >= 11 is 0. The second kappa shape index (κ2) is 6.40. The first-order chi connectivity index (χ1) is 11.3. The predicted octanol–water partition coefficient (Wildman–Crippen LogP) is 5.84. The Kier molecular flexibility index (Phi) is 4.96. The van der Waals surface area contributed by atoms with E-state index < -0.39 is 0 Å². The Morgan fingerprint density at radius 2 is 1.36 bits per heavy atom. The molecule has 0 saturated heterocycles. The number of benzene rings is 2. The molecule has 0 amide bonds. The number of hydrogen-bond donors (Lipinski definition) is 2. The molecule has 2 aromatic carbocycles. The zero-order valence-electron chi connectivity index (χ0n) is 16.9. The molecular formula is C23H32O2. The molecule has 0 aliphatic rings. The van der Waals surface area contributed by atoms with Crippen molar-refractivity contribution in [3.8, 4) is 11.5 Å². The van der Waals surface area contributed by atoms with Crippen molar-refractivity contribution in [1.29, 1.82) is 0 Å². The average Bonchev–Trinajstić information content (AvgIpc) is 2.45. The van der Waals surface area contributed by atoms with Gasteiger partial charge in [0.05, 0.1) is 0 Å². The molecule has 0 saturated carbocycles. The second-order valence-electron chi connectivity index (χ2n) is 9.07. The van der Waals surface area contributed by atoms with Gasteiger partial charge in [0.15, 0.2) is 0 Å². The Bertz CT molecular complexity index is 793. The van der Waals surface area contributed by atoms with Crippen LogP contribution in [-0.4, -0.2) is 10.2 Å². The first-order valence-corrected chi connectivity index (χ1v) is 8.96. The molecule has 2 N–H and O–H groups in total. The van der Waals surface area contributed by atoms with Gasteiger partial charge in [-0.05, 0) is 71.9 Å². The second-order valence-corrected chi connectivity index (χ2v) is 9.07. The van der Waals surface area contributed by atoms with E-state index in [1.54, 1.807) is 0 Å². The van der Waals surface area contributed by atoms with Crippen molar-refractivity contribution in [2.24, 2.45) is 0 Å². The molecule has 0 aliphatic heterocycles. The number of aryl methyl sites for hydroxylation is 3. The van der Waals surface area contributed by atoms with Crippen LogP contribution in [0.15, 0.2) is 24.3 Å². The zero-order valence-corrected chi connectivity index (χ0v) is 16.9. The van der Waals surface area contributed by atoms with Crippen LogP contribution in [0.2, 0.25) is 0 Å². The van der Waals surface area contributed by atoms with E-state index in [-0.39, 0.29) is 10.8 Å². The van der Waals surface area contributed by atoms with Crippen molar-refractivity contribution in [2.45, 2.75) is 72.6 Å². The summed E-state index contributed by atoms with van der Waals surface area (Å²) in [5.74, 6) is 0.735. The summed E-state index contributed by atoms with van der Waals surface area (Å²) in [6.45, 7) is 16.9. The lowest BCUT2D eigenvalue weighted by Gasteiger charge is -2.30. The molecule has 2 aromatic rings. The molecule has 0 heterocycles. The largest absolute Gasteiger partial charge is 0.508 e. The Balaban J connectivity index is 2.53. The molecule has 0 unspecified atom stereocenters. The fourth-order valence-electron chi connectivity index (χ4n) is 3.35. The molecule has 0 spiro atoms. The summed E-state index contributed by atoms with van der Waals surface area (Å²) in [5, 5.41) is 20.6. The van der Waals surface area contributed by atoms with E-state index in [1.807, 2.05) is 26.8 Å². The Morgan fingerprint density at radius 3 is 1.92 bits per heavy atom. The smallest absolute Gasteiger partial charge is 0.122 e. The molecule has 0 radical (unpaired) electrons. The maximum atomic E-state index is 10.7. The van der Waals surface area contributed by atoms with Gasteiger partial charge in [0.2, 0.25) is 0 Å². The number of phenols is 2. The van der Waals surface area contributed by atoms with Gasteiger partial charge in [-0.15, -0.1) is 0 Å². The van der Waals surface area contributed by atoms with E-state index in [0.717, 1.165) is 28.7 Å². The first kappa shape index (κ1) is 19.4. The molecule has 0 aliphatic carbocycles. The first-order valence-electron chi connectivity index (χ1n) is 8.96. The van der Waals surface area contributed by atoms with Crippen molar-refractivity contribution in [1.82, 2.24) is 0 Å².